The van der Waals surface area contributed by atoms with Crippen LogP contribution in [0, 0.1) is 17.6 Å². The summed E-state index contributed by atoms with van der Waals surface area (Å²) in [4.78, 5) is 26.3. The summed E-state index contributed by atoms with van der Waals surface area (Å²) in [7, 11) is 1.53. The molecule has 0 bridgehead atoms. The summed E-state index contributed by atoms with van der Waals surface area (Å²) in [5.41, 5.74) is 4.25. The van der Waals surface area contributed by atoms with E-state index in [-0.39, 0.29) is 42.3 Å². The van der Waals surface area contributed by atoms with Gasteiger partial charge in [-0.15, -0.1) is 0 Å². The van der Waals surface area contributed by atoms with E-state index in [4.69, 9.17) is 4.74 Å². The highest BCUT2D eigenvalue weighted by atomic mass is 19.1. The fourth-order valence-electron chi connectivity index (χ4n) is 5.10. The first-order valence-electron chi connectivity index (χ1n) is 11.6. The normalized spacial score (nSPS) is 18.7. The topological polar surface area (TPSA) is 66.8 Å². The molecule has 2 atom stereocenters. The molecule has 0 aromatic heterocycles. The van der Waals surface area contributed by atoms with Crippen molar-refractivity contribution in [1.82, 2.24) is 4.90 Å². The van der Waals surface area contributed by atoms with Gasteiger partial charge in [0.15, 0.2) is 0 Å². The molecule has 1 fully saturated rings. The minimum absolute atomic E-state index is 0.0202. The van der Waals surface area contributed by atoms with Crippen LogP contribution >= 0.6 is 0 Å². The molecule has 3 aromatic carbocycles. The minimum atomic E-state index is -0.945. The Labute approximate surface area is 202 Å². The monoisotopic (exact) mass is 477 g/mol. The van der Waals surface area contributed by atoms with Crippen LogP contribution in [0.5, 0.6) is 5.75 Å². The predicted molar refractivity (Wildman–Crippen MR) is 126 cm³/mol. The minimum Gasteiger partial charge on any atom is -0.496 e. The lowest BCUT2D eigenvalue weighted by molar-refractivity contribution is -0.136. The number of rotatable bonds is 6. The van der Waals surface area contributed by atoms with Gasteiger partial charge in [-0.05, 0) is 76.9 Å². The number of fused-ring (bicyclic) bond motifs is 1. The number of nitrogens with zero attached hydrogens (tertiary/aromatic N) is 1. The number of carboxylic acid groups (broad SMARTS) is 1. The van der Waals surface area contributed by atoms with Crippen molar-refractivity contribution in [2.45, 2.75) is 31.7 Å². The molecule has 2 aliphatic rings. The number of hydrogen-bond acceptors (Lipinski definition) is 3. The fourth-order valence-corrected chi connectivity index (χ4v) is 5.10. The average molecular weight is 478 g/mol. The number of ether oxygens (including phenoxy) is 1. The van der Waals surface area contributed by atoms with Gasteiger partial charge in [-0.2, -0.15) is 0 Å². The molecule has 1 N–H and O–H groups in total. The summed E-state index contributed by atoms with van der Waals surface area (Å²) in [5, 5.41) is 9.21. The summed E-state index contributed by atoms with van der Waals surface area (Å²) >= 11 is 0. The predicted octanol–water partition coefficient (Wildman–Crippen LogP) is 4.96. The molecule has 1 saturated carbocycles. The number of amides is 1. The first-order chi connectivity index (χ1) is 16.9. The van der Waals surface area contributed by atoms with E-state index < -0.39 is 5.97 Å². The molecular formula is C28H25F2NO4. The van der Waals surface area contributed by atoms with Crippen LogP contribution in [0.4, 0.5) is 8.78 Å². The van der Waals surface area contributed by atoms with Crippen LogP contribution in [-0.4, -0.2) is 35.5 Å². The maximum atomic E-state index is 14.8. The van der Waals surface area contributed by atoms with Crippen LogP contribution in [-0.2, 0) is 29.0 Å². The zero-order valence-corrected chi connectivity index (χ0v) is 19.3. The number of benzene rings is 3. The molecule has 35 heavy (non-hydrogen) atoms. The Morgan fingerprint density at radius 3 is 2.51 bits per heavy atom. The van der Waals surface area contributed by atoms with Gasteiger partial charge in [0.25, 0.3) is 0 Å². The highest BCUT2D eigenvalue weighted by molar-refractivity contribution is 5.84. The van der Waals surface area contributed by atoms with Crippen molar-refractivity contribution in [1.29, 1.82) is 0 Å². The van der Waals surface area contributed by atoms with Crippen LogP contribution < -0.4 is 4.74 Å². The smallest absolute Gasteiger partial charge is 0.307 e. The summed E-state index contributed by atoms with van der Waals surface area (Å²) in [5.74, 6) is -1.08. The Morgan fingerprint density at radius 1 is 1.03 bits per heavy atom. The van der Waals surface area contributed by atoms with Crippen LogP contribution in [0.25, 0.3) is 11.1 Å². The fraction of sp³-hybridized carbons (Fsp3) is 0.286. The number of halogens is 2. The van der Waals surface area contributed by atoms with Gasteiger partial charge in [0.2, 0.25) is 5.91 Å². The Hall–Kier alpha value is -3.74. The molecule has 1 heterocycles. The van der Waals surface area contributed by atoms with Gasteiger partial charge in [0.05, 0.1) is 13.5 Å². The van der Waals surface area contributed by atoms with Crippen molar-refractivity contribution in [2.24, 2.45) is 5.92 Å². The SMILES string of the molecule is COc1ccc(CC(=O)O)cc1-c1ccc(F)c2c1CN(C(=O)[C@@H]1C[C@H]1c1ccc(F)cc1)CC2. The van der Waals surface area contributed by atoms with E-state index >= 15 is 0 Å². The highest BCUT2D eigenvalue weighted by Crippen LogP contribution is 2.49. The van der Waals surface area contributed by atoms with Crippen LogP contribution in [0.3, 0.4) is 0 Å². The van der Waals surface area contributed by atoms with Crippen molar-refractivity contribution in [3.63, 3.8) is 0 Å². The third-order valence-electron chi connectivity index (χ3n) is 6.98. The van der Waals surface area contributed by atoms with E-state index in [0.29, 0.717) is 41.0 Å². The van der Waals surface area contributed by atoms with Gasteiger partial charge < -0.3 is 14.7 Å². The second-order valence-electron chi connectivity index (χ2n) is 9.17. The molecule has 5 rings (SSSR count). The number of aliphatic carboxylic acids is 1. The number of hydrogen-bond donors (Lipinski definition) is 1. The lowest BCUT2D eigenvalue weighted by Crippen LogP contribution is -2.37. The van der Waals surface area contributed by atoms with Crippen molar-refractivity contribution in [3.8, 4) is 16.9 Å². The molecule has 1 aliphatic heterocycles. The van der Waals surface area contributed by atoms with Gasteiger partial charge in [-0.25, -0.2) is 8.78 Å². The molecule has 0 saturated heterocycles. The lowest BCUT2D eigenvalue weighted by Gasteiger charge is -2.31. The van der Waals surface area contributed by atoms with Gasteiger partial charge in [0, 0.05) is 24.6 Å². The Morgan fingerprint density at radius 2 is 1.80 bits per heavy atom. The van der Waals surface area contributed by atoms with E-state index in [1.807, 2.05) is 0 Å². The van der Waals surface area contributed by atoms with E-state index in [2.05, 4.69) is 0 Å². The highest BCUT2D eigenvalue weighted by Gasteiger charge is 2.46. The average Bonchev–Trinajstić information content (AvgIpc) is 3.65. The van der Waals surface area contributed by atoms with Gasteiger partial charge in [-0.1, -0.05) is 24.3 Å². The van der Waals surface area contributed by atoms with E-state index in [1.54, 1.807) is 41.3 Å². The molecule has 180 valence electrons. The maximum absolute atomic E-state index is 14.8. The maximum Gasteiger partial charge on any atom is 0.307 e. The summed E-state index contributed by atoms with van der Waals surface area (Å²) < 4.78 is 33.6. The van der Waals surface area contributed by atoms with Crippen molar-refractivity contribution < 1.29 is 28.2 Å². The summed E-state index contributed by atoms with van der Waals surface area (Å²) in [6.45, 7) is 0.690. The molecule has 3 aromatic rings. The lowest BCUT2D eigenvalue weighted by atomic mass is 9.89. The molecule has 7 heteroatoms. The molecule has 0 radical (unpaired) electrons. The van der Waals surface area contributed by atoms with E-state index in [1.165, 1.54) is 25.3 Å². The summed E-state index contributed by atoms with van der Waals surface area (Å²) in [6.07, 6.45) is 0.970. The molecule has 1 aliphatic carbocycles. The molecule has 0 unspecified atom stereocenters. The zero-order chi connectivity index (χ0) is 24.7. The Bertz CT molecular complexity index is 1310. The molecule has 1 amide bonds. The van der Waals surface area contributed by atoms with Crippen LogP contribution in [0.2, 0.25) is 0 Å². The largest absolute Gasteiger partial charge is 0.496 e. The number of carboxylic acids is 1. The van der Waals surface area contributed by atoms with Crippen molar-refractivity contribution in [3.05, 3.63) is 88.5 Å². The summed E-state index contributed by atoms with van der Waals surface area (Å²) in [6, 6.07) is 14.5. The zero-order valence-electron chi connectivity index (χ0n) is 19.3. The van der Waals surface area contributed by atoms with Crippen molar-refractivity contribution in [2.75, 3.05) is 13.7 Å². The van der Waals surface area contributed by atoms with E-state index in [0.717, 1.165) is 17.5 Å². The number of carbonyl (C=O) groups excluding carboxylic acids is 1. The second-order valence-corrected chi connectivity index (χ2v) is 9.17. The van der Waals surface area contributed by atoms with Gasteiger partial charge in [-0.3, -0.25) is 9.59 Å². The van der Waals surface area contributed by atoms with Crippen LogP contribution in [0.1, 0.15) is 34.6 Å². The first-order valence-corrected chi connectivity index (χ1v) is 11.6. The number of methoxy groups -OCH3 is 1. The Balaban J connectivity index is 1.44. The molecule has 5 nitrogen and oxygen atoms in total. The van der Waals surface area contributed by atoms with Crippen molar-refractivity contribution >= 4 is 11.9 Å². The molecule has 0 spiro atoms. The van der Waals surface area contributed by atoms with Gasteiger partial charge >= 0.3 is 5.97 Å². The quantitative estimate of drug-likeness (QED) is 0.545. The second kappa shape index (κ2) is 9.13. The van der Waals surface area contributed by atoms with Crippen LogP contribution in [0.15, 0.2) is 54.6 Å². The third kappa shape index (κ3) is 4.50. The first kappa shape index (κ1) is 23.0. The standard InChI is InChI=1S/C28H25F2NO4/c1-35-26-9-2-16(13-27(32)33)12-22(26)19-7-8-25(30)20-10-11-31(15-24(19)20)28(34)23-14-21(23)17-3-5-18(29)6-4-17/h2-9,12,21,23H,10-11,13-15H2,1H3,(H,32,33)/t21-,23+/m0/s1. The molecular weight excluding hydrogens is 452 g/mol. The van der Waals surface area contributed by atoms with E-state index in [9.17, 15) is 23.5 Å². The number of carbonyl (C=O) groups is 2. The third-order valence-corrected chi connectivity index (χ3v) is 6.98. The van der Waals surface area contributed by atoms with Gasteiger partial charge in [0.1, 0.15) is 17.4 Å². The Kier molecular flexibility index (Phi) is 6.01.